The molecular weight excluding hydrogens is 382 g/mol. The molecule has 0 bridgehead atoms. The monoisotopic (exact) mass is 409 g/mol. The van der Waals surface area contributed by atoms with Gasteiger partial charge in [-0.15, -0.1) is 0 Å². The minimum Gasteiger partial charge on any atom is -0.497 e. The Bertz CT molecular complexity index is 905. The zero-order valence-electron chi connectivity index (χ0n) is 17.4. The molecule has 0 aliphatic carbocycles. The van der Waals surface area contributed by atoms with Gasteiger partial charge in [-0.1, -0.05) is 17.3 Å². The first-order chi connectivity index (χ1) is 14.7. The zero-order valence-corrected chi connectivity index (χ0v) is 17.4. The van der Waals surface area contributed by atoms with Gasteiger partial charge in [-0.25, -0.2) is 0 Å². The molecule has 30 heavy (non-hydrogen) atoms. The molecule has 2 aromatic carbocycles. The number of carbonyl (C=O) groups is 1. The van der Waals surface area contributed by atoms with Crippen molar-refractivity contribution in [2.45, 2.75) is 19.1 Å². The minimum atomic E-state index is -0.535. The summed E-state index contributed by atoms with van der Waals surface area (Å²) in [5.41, 5.74) is 2.97. The van der Waals surface area contributed by atoms with Crippen LogP contribution in [0.25, 0.3) is 0 Å². The fourth-order valence-electron chi connectivity index (χ4n) is 3.82. The van der Waals surface area contributed by atoms with Crippen molar-refractivity contribution in [2.75, 3.05) is 40.4 Å². The number of rotatable bonds is 6. The van der Waals surface area contributed by atoms with Crippen molar-refractivity contribution in [1.82, 2.24) is 9.80 Å². The summed E-state index contributed by atoms with van der Waals surface area (Å²) in [6, 6.07) is 15.8. The molecule has 1 unspecified atom stereocenters. The maximum atomic E-state index is 12.9. The van der Waals surface area contributed by atoms with E-state index in [2.05, 4.69) is 22.2 Å². The van der Waals surface area contributed by atoms with Gasteiger partial charge in [-0.3, -0.25) is 9.69 Å². The van der Waals surface area contributed by atoms with E-state index < -0.39 is 6.10 Å². The summed E-state index contributed by atoms with van der Waals surface area (Å²) >= 11 is 0. The standard InChI is InChI=1S/C23H27N3O4/c1-28-19-8-6-18(7-9-19)21-15-22(30-24-21)23(27)26-12-10-25(11-13-26)16-17-4-3-5-20(14-17)29-2/h3-9,14,22H,10-13,15-16H2,1-2H3. The highest BCUT2D eigenvalue weighted by atomic mass is 16.6. The first-order valence-corrected chi connectivity index (χ1v) is 10.2. The van der Waals surface area contributed by atoms with Crippen molar-refractivity contribution in [2.24, 2.45) is 5.16 Å². The molecule has 0 saturated carbocycles. The third-order valence-corrected chi connectivity index (χ3v) is 5.59. The Hall–Kier alpha value is -3.06. The second-order valence-corrected chi connectivity index (χ2v) is 7.52. The Balaban J connectivity index is 1.27. The lowest BCUT2D eigenvalue weighted by Gasteiger charge is -2.35. The van der Waals surface area contributed by atoms with E-state index in [1.54, 1.807) is 14.2 Å². The van der Waals surface area contributed by atoms with E-state index >= 15 is 0 Å². The fraction of sp³-hybridized carbons (Fsp3) is 0.391. The summed E-state index contributed by atoms with van der Waals surface area (Å²) in [6.45, 7) is 3.91. The third kappa shape index (κ3) is 4.57. The van der Waals surface area contributed by atoms with E-state index in [4.69, 9.17) is 14.3 Å². The van der Waals surface area contributed by atoms with Gasteiger partial charge in [0.2, 0.25) is 6.10 Å². The summed E-state index contributed by atoms with van der Waals surface area (Å²) in [7, 11) is 3.31. The highest BCUT2D eigenvalue weighted by molar-refractivity contribution is 6.04. The summed E-state index contributed by atoms with van der Waals surface area (Å²) in [4.78, 5) is 22.6. The quantitative estimate of drug-likeness (QED) is 0.734. The molecule has 1 fully saturated rings. The van der Waals surface area contributed by atoms with Gasteiger partial charge in [-0.2, -0.15) is 0 Å². The number of amides is 1. The SMILES string of the molecule is COc1ccc(C2=NOC(C(=O)N3CCN(Cc4cccc(OC)c4)CC3)C2)cc1. The molecule has 158 valence electrons. The van der Waals surface area contributed by atoms with Crippen molar-refractivity contribution >= 4 is 11.6 Å². The van der Waals surface area contributed by atoms with Gasteiger partial charge in [0.05, 0.1) is 19.9 Å². The predicted molar refractivity (Wildman–Crippen MR) is 114 cm³/mol. The molecule has 0 radical (unpaired) electrons. The van der Waals surface area contributed by atoms with Gasteiger partial charge in [0.15, 0.2) is 0 Å². The Morgan fingerprint density at radius 2 is 1.77 bits per heavy atom. The van der Waals surface area contributed by atoms with Crippen LogP contribution in [-0.4, -0.2) is 67.9 Å². The number of nitrogens with zero attached hydrogens (tertiary/aromatic N) is 3. The summed E-state index contributed by atoms with van der Waals surface area (Å²) in [5, 5.41) is 4.15. The van der Waals surface area contributed by atoms with Gasteiger partial charge in [0, 0.05) is 39.1 Å². The van der Waals surface area contributed by atoms with Crippen LogP contribution >= 0.6 is 0 Å². The predicted octanol–water partition coefficient (Wildman–Crippen LogP) is 2.54. The Labute approximate surface area is 176 Å². The van der Waals surface area contributed by atoms with Gasteiger partial charge >= 0.3 is 0 Å². The van der Waals surface area contributed by atoms with Crippen LogP contribution in [0, 0.1) is 0 Å². The van der Waals surface area contributed by atoms with Gasteiger partial charge < -0.3 is 19.2 Å². The molecule has 2 aliphatic heterocycles. The van der Waals surface area contributed by atoms with E-state index in [1.165, 1.54) is 5.56 Å². The van der Waals surface area contributed by atoms with E-state index in [0.29, 0.717) is 19.5 Å². The molecule has 1 saturated heterocycles. The molecule has 0 spiro atoms. The van der Waals surface area contributed by atoms with Crippen molar-refractivity contribution in [3.05, 3.63) is 59.7 Å². The number of hydrogen-bond donors (Lipinski definition) is 0. The second kappa shape index (κ2) is 9.17. The number of benzene rings is 2. The lowest BCUT2D eigenvalue weighted by molar-refractivity contribution is -0.143. The second-order valence-electron chi connectivity index (χ2n) is 7.52. The van der Waals surface area contributed by atoms with Crippen LogP contribution in [0.3, 0.4) is 0 Å². The van der Waals surface area contributed by atoms with Gasteiger partial charge in [-0.05, 0) is 47.5 Å². The van der Waals surface area contributed by atoms with Crippen LogP contribution < -0.4 is 9.47 Å². The first-order valence-electron chi connectivity index (χ1n) is 10.2. The van der Waals surface area contributed by atoms with Crippen LogP contribution in [0.1, 0.15) is 17.5 Å². The largest absolute Gasteiger partial charge is 0.497 e. The topological polar surface area (TPSA) is 63.6 Å². The average molecular weight is 409 g/mol. The molecule has 2 aliphatic rings. The molecule has 1 amide bonds. The molecular formula is C23H27N3O4. The fourth-order valence-corrected chi connectivity index (χ4v) is 3.82. The summed E-state index contributed by atoms with van der Waals surface area (Å²) in [5.74, 6) is 1.67. The van der Waals surface area contributed by atoms with Gasteiger partial charge in [0.25, 0.3) is 5.91 Å². The van der Waals surface area contributed by atoms with E-state index in [1.807, 2.05) is 41.3 Å². The number of carbonyl (C=O) groups excluding carboxylic acids is 1. The minimum absolute atomic E-state index is 0.0169. The number of piperazine rings is 1. The molecule has 7 nitrogen and oxygen atoms in total. The van der Waals surface area contributed by atoms with E-state index in [-0.39, 0.29) is 5.91 Å². The highest BCUT2D eigenvalue weighted by Crippen LogP contribution is 2.21. The van der Waals surface area contributed by atoms with Crippen molar-refractivity contribution in [3.63, 3.8) is 0 Å². The summed E-state index contributed by atoms with van der Waals surface area (Å²) in [6.07, 6.45) is -0.0399. The molecule has 1 atom stereocenters. The van der Waals surface area contributed by atoms with Crippen LogP contribution in [0.15, 0.2) is 53.7 Å². The van der Waals surface area contributed by atoms with Crippen LogP contribution in [0.2, 0.25) is 0 Å². The van der Waals surface area contributed by atoms with E-state index in [9.17, 15) is 4.79 Å². The molecule has 0 N–H and O–H groups in total. The van der Waals surface area contributed by atoms with Crippen molar-refractivity contribution < 1.29 is 19.1 Å². The maximum Gasteiger partial charge on any atom is 0.266 e. The molecule has 2 aromatic rings. The highest BCUT2D eigenvalue weighted by Gasteiger charge is 2.33. The smallest absolute Gasteiger partial charge is 0.266 e. The number of ether oxygens (including phenoxy) is 2. The Morgan fingerprint density at radius 3 is 2.47 bits per heavy atom. The molecule has 4 rings (SSSR count). The van der Waals surface area contributed by atoms with Crippen LogP contribution in [0.5, 0.6) is 11.5 Å². The number of oxime groups is 1. The zero-order chi connectivity index (χ0) is 20.9. The van der Waals surface area contributed by atoms with Crippen molar-refractivity contribution in [3.8, 4) is 11.5 Å². The van der Waals surface area contributed by atoms with Crippen molar-refractivity contribution in [1.29, 1.82) is 0 Å². The third-order valence-electron chi connectivity index (χ3n) is 5.59. The van der Waals surface area contributed by atoms with E-state index in [0.717, 1.165) is 42.4 Å². The number of methoxy groups -OCH3 is 2. The van der Waals surface area contributed by atoms with Crippen LogP contribution in [-0.2, 0) is 16.2 Å². The Morgan fingerprint density at radius 1 is 1.03 bits per heavy atom. The molecule has 7 heteroatoms. The normalized spacial score (nSPS) is 19.2. The first kappa shape index (κ1) is 20.2. The average Bonchev–Trinajstić information content (AvgIpc) is 3.29. The molecule has 0 aromatic heterocycles. The lowest BCUT2D eigenvalue weighted by atomic mass is 10.0. The lowest BCUT2D eigenvalue weighted by Crippen LogP contribution is -2.51. The number of hydrogen-bond acceptors (Lipinski definition) is 6. The maximum absolute atomic E-state index is 12.9. The van der Waals surface area contributed by atoms with Crippen LogP contribution in [0.4, 0.5) is 0 Å². The Kier molecular flexibility index (Phi) is 6.18. The molecule has 2 heterocycles. The summed E-state index contributed by atoms with van der Waals surface area (Å²) < 4.78 is 10.5. The van der Waals surface area contributed by atoms with Gasteiger partial charge in [0.1, 0.15) is 11.5 Å².